The zero-order valence-corrected chi connectivity index (χ0v) is 12.1. The molecule has 2 rings (SSSR count). The molecule has 1 saturated carbocycles. The number of carbonyl (C=O) groups excluding carboxylic acids is 1. The number of benzene rings is 1. The van der Waals surface area contributed by atoms with Gasteiger partial charge in [0.15, 0.2) is 0 Å². The van der Waals surface area contributed by atoms with Gasteiger partial charge in [0.05, 0.1) is 6.61 Å². The summed E-state index contributed by atoms with van der Waals surface area (Å²) in [6, 6.07) is 6.49. The van der Waals surface area contributed by atoms with Crippen molar-refractivity contribution in [2.75, 3.05) is 19.8 Å². The smallest absolute Gasteiger partial charge is 0.246 e. The van der Waals surface area contributed by atoms with Gasteiger partial charge in [-0.2, -0.15) is 0 Å². The maximum Gasteiger partial charge on any atom is 0.246 e. The molecular weight excluding hydrogens is 257 g/mol. The van der Waals surface area contributed by atoms with Crippen molar-refractivity contribution in [1.29, 1.82) is 0 Å². The molecule has 1 aliphatic rings. The number of rotatable bonds is 7. The molecule has 0 bridgehead atoms. The highest BCUT2D eigenvalue weighted by molar-refractivity contribution is 5.77. The van der Waals surface area contributed by atoms with Crippen LogP contribution in [0.5, 0.6) is 0 Å². The molecule has 3 nitrogen and oxygen atoms in total. The second-order valence-electron chi connectivity index (χ2n) is 6.13. The number of hydrogen-bond acceptors (Lipinski definition) is 2. The molecule has 1 amide bonds. The highest BCUT2D eigenvalue weighted by atomic mass is 19.1. The second kappa shape index (κ2) is 6.35. The minimum absolute atomic E-state index is 0.107. The van der Waals surface area contributed by atoms with E-state index in [1.165, 1.54) is 25.0 Å². The van der Waals surface area contributed by atoms with E-state index in [0.29, 0.717) is 19.1 Å². The van der Waals surface area contributed by atoms with Crippen molar-refractivity contribution in [3.05, 3.63) is 35.6 Å². The lowest BCUT2D eigenvalue weighted by atomic mass is 9.84. The molecule has 0 radical (unpaired) electrons. The molecule has 4 heteroatoms. The number of nitrogens with one attached hydrogen (secondary N) is 1. The van der Waals surface area contributed by atoms with Gasteiger partial charge in [-0.05, 0) is 36.5 Å². The summed E-state index contributed by atoms with van der Waals surface area (Å²) in [7, 11) is 0. The summed E-state index contributed by atoms with van der Waals surface area (Å²) in [5, 5.41) is 2.85. The summed E-state index contributed by atoms with van der Waals surface area (Å²) >= 11 is 0. The first-order valence-corrected chi connectivity index (χ1v) is 7.08. The molecule has 1 aliphatic carbocycles. The second-order valence-corrected chi connectivity index (χ2v) is 6.13. The van der Waals surface area contributed by atoms with Gasteiger partial charge in [-0.25, -0.2) is 4.39 Å². The van der Waals surface area contributed by atoms with Crippen LogP contribution in [0, 0.1) is 11.7 Å². The Labute approximate surface area is 119 Å². The van der Waals surface area contributed by atoms with E-state index in [-0.39, 0.29) is 23.7 Å². The summed E-state index contributed by atoms with van der Waals surface area (Å²) < 4.78 is 18.6. The van der Waals surface area contributed by atoms with E-state index in [0.717, 1.165) is 5.56 Å². The molecule has 110 valence electrons. The molecular formula is C16H22FNO2. The number of halogens is 1. The molecule has 1 aromatic rings. The maximum atomic E-state index is 13.2. The average Bonchev–Trinajstić information content (AvgIpc) is 3.21. The van der Waals surface area contributed by atoms with Crippen LogP contribution in [-0.4, -0.2) is 25.7 Å². The predicted octanol–water partition coefficient (Wildman–Crippen LogP) is 2.65. The van der Waals surface area contributed by atoms with Crippen LogP contribution in [0.25, 0.3) is 0 Å². The first-order chi connectivity index (χ1) is 9.47. The molecule has 0 aliphatic heterocycles. The SMILES string of the molecule is CC(C)(CNC(=O)COCC1CC1)c1cccc(F)c1. The number of amides is 1. The van der Waals surface area contributed by atoms with E-state index in [4.69, 9.17) is 4.74 Å². The molecule has 0 atom stereocenters. The van der Waals surface area contributed by atoms with Crippen molar-refractivity contribution < 1.29 is 13.9 Å². The Bertz CT molecular complexity index is 469. The molecule has 1 N–H and O–H groups in total. The van der Waals surface area contributed by atoms with Gasteiger partial charge in [-0.3, -0.25) is 4.79 Å². The predicted molar refractivity (Wildman–Crippen MR) is 76.0 cm³/mol. The van der Waals surface area contributed by atoms with E-state index >= 15 is 0 Å². The van der Waals surface area contributed by atoms with Crippen molar-refractivity contribution in [3.63, 3.8) is 0 Å². The quantitative estimate of drug-likeness (QED) is 0.833. The zero-order valence-electron chi connectivity index (χ0n) is 12.1. The number of ether oxygens (including phenoxy) is 1. The third-order valence-electron chi connectivity index (χ3n) is 3.62. The van der Waals surface area contributed by atoms with E-state index in [2.05, 4.69) is 5.32 Å². The lowest BCUT2D eigenvalue weighted by Gasteiger charge is -2.25. The third kappa shape index (κ3) is 4.60. The van der Waals surface area contributed by atoms with Crippen molar-refractivity contribution in [2.45, 2.75) is 32.1 Å². The third-order valence-corrected chi connectivity index (χ3v) is 3.62. The molecule has 0 spiro atoms. The lowest BCUT2D eigenvalue weighted by Crippen LogP contribution is -2.38. The summed E-state index contributed by atoms with van der Waals surface area (Å²) in [6.45, 7) is 5.21. The Kier molecular flexibility index (Phi) is 4.76. The Morgan fingerprint density at radius 3 is 2.85 bits per heavy atom. The van der Waals surface area contributed by atoms with Crippen molar-refractivity contribution in [3.8, 4) is 0 Å². The van der Waals surface area contributed by atoms with Crippen molar-refractivity contribution in [2.24, 2.45) is 5.92 Å². The van der Waals surface area contributed by atoms with E-state index in [9.17, 15) is 9.18 Å². The molecule has 1 aromatic carbocycles. The topological polar surface area (TPSA) is 38.3 Å². The summed E-state index contributed by atoms with van der Waals surface area (Å²) in [6.07, 6.45) is 2.43. The zero-order chi connectivity index (χ0) is 14.6. The summed E-state index contributed by atoms with van der Waals surface area (Å²) in [5.41, 5.74) is 0.561. The largest absolute Gasteiger partial charge is 0.371 e. The fourth-order valence-corrected chi connectivity index (χ4v) is 1.98. The van der Waals surface area contributed by atoms with Gasteiger partial charge < -0.3 is 10.1 Å². The molecule has 1 fully saturated rings. The highest BCUT2D eigenvalue weighted by Crippen LogP contribution is 2.28. The summed E-state index contributed by atoms with van der Waals surface area (Å²) in [5.74, 6) is 0.288. The minimum Gasteiger partial charge on any atom is -0.371 e. The lowest BCUT2D eigenvalue weighted by molar-refractivity contribution is -0.126. The van der Waals surface area contributed by atoms with Crippen LogP contribution in [-0.2, 0) is 14.9 Å². The first kappa shape index (κ1) is 15.0. The highest BCUT2D eigenvalue weighted by Gasteiger charge is 2.23. The molecule has 20 heavy (non-hydrogen) atoms. The van der Waals surface area contributed by atoms with Gasteiger partial charge in [0.1, 0.15) is 12.4 Å². The Balaban J connectivity index is 1.77. The van der Waals surface area contributed by atoms with Gasteiger partial charge in [0.2, 0.25) is 5.91 Å². The van der Waals surface area contributed by atoms with Gasteiger partial charge >= 0.3 is 0 Å². The Morgan fingerprint density at radius 1 is 1.45 bits per heavy atom. The van der Waals surface area contributed by atoms with Crippen LogP contribution >= 0.6 is 0 Å². The maximum absolute atomic E-state index is 13.2. The van der Waals surface area contributed by atoms with Gasteiger partial charge in [0, 0.05) is 12.0 Å². The van der Waals surface area contributed by atoms with Gasteiger partial charge in [0.25, 0.3) is 0 Å². The van der Waals surface area contributed by atoms with Crippen LogP contribution in [0.3, 0.4) is 0 Å². The van der Waals surface area contributed by atoms with Crippen LogP contribution in [0.15, 0.2) is 24.3 Å². The summed E-state index contributed by atoms with van der Waals surface area (Å²) in [4.78, 5) is 11.7. The molecule has 0 saturated heterocycles. The van der Waals surface area contributed by atoms with Gasteiger partial charge in [-0.1, -0.05) is 26.0 Å². The fourth-order valence-electron chi connectivity index (χ4n) is 1.98. The molecule has 0 heterocycles. The van der Waals surface area contributed by atoms with E-state index in [1.54, 1.807) is 6.07 Å². The number of carbonyl (C=O) groups is 1. The van der Waals surface area contributed by atoms with Crippen LogP contribution in [0.2, 0.25) is 0 Å². The van der Waals surface area contributed by atoms with Gasteiger partial charge in [-0.15, -0.1) is 0 Å². The average molecular weight is 279 g/mol. The Hall–Kier alpha value is -1.42. The normalized spacial score (nSPS) is 15.2. The molecule has 0 unspecified atom stereocenters. The van der Waals surface area contributed by atoms with E-state index < -0.39 is 0 Å². The molecule has 0 aromatic heterocycles. The Morgan fingerprint density at radius 2 is 2.20 bits per heavy atom. The van der Waals surface area contributed by atoms with Crippen LogP contribution in [0.1, 0.15) is 32.3 Å². The monoisotopic (exact) mass is 279 g/mol. The minimum atomic E-state index is -0.311. The van der Waals surface area contributed by atoms with Crippen molar-refractivity contribution in [1.82, 2.24) is 5.32 Å². The van der Waals surface area contributed by atoms with Crippen LogP contribution in [0.4, 0.5) is 4.39 Å². The van der Waals surface area contributed by atoms with Crippen molar-refractivity contribution >= 4 is 5.91 Å². The van der Waals surface area contributed by atoms with E-state index in [1.807, 2.05) is 19.9 Å². The standard InChI is InChI=1S/C16H22FNO2/c1-16(2,13-4-3-5-14(17)8-13)11-18-15(19)10-20-9-12-6-7-12/h3-5,8,12H,6-7,9-11H2,1-2H3,(H,18,19). The number of hydrogen-bond donors (Lipinski definition) is 1. The first-order valence-electron chi connectivity index (χ1n) is 7.08. The fraction of sp³-hybridized carbons (Fsp3) is 0.562. The van der Waals surface area contributed by atoms with Crippen LogP contribution < -0.4 is 5.32 Å².